The maximum Gasteiger partial charge on any atom is 0.518 e. The van der Waals surface area contributed by atoms with Crippen molar-refractivity contribution in [3.05, 3.63) is 0 Å². The molecule has 0 spiro atoms. The second-order valence-corrected chi connectivity index (χ2v) is 9.15. The van der Waals surface area contributed by atoms with Crippen LogP contribution in [0.1, 0.15) is 19.8 Å². The number of nitrogens with zero attached hydrogens (tertiary/aromatic N) is 3. The molecule has 1 aliphatic heterocycles. The van der Waals surface area contributed by atoms with Crippen LogP contribution < -0.4 is 0 Å². The predicted molar refractivity (Wildman–Crippen MR) is 92.2 cm³/mol. The summed E-state index contributed by atoms with van der Waals surface area (Å²) >= 11 is 0. The van der Waals surface area contributed by atoms with E-state index in [0.29, 0.717) is 6.42 Å². The number of rotatable bonds is 9. The highest BCUT2D eigenvalue weighted by Crippen LogP contribution is 2.22. The summed E-state index contributed by atoms with van der Waals surface area (Å²) in [4.78, 5) is 18.1. The summed E-state index contributed by atoms with van der Waals surface area (Å²) in [5.41, 5.74) is 0.174. The molecule has 1 saturated heterocycles. The summed E-state index contributed by atoms with van der Waals surface area (Å²) in [6.07, 6.45) is 1.51. The Balaban J connectivity index is 2.55. The minimum atomic E-state index is -2.66. The van der Waals surface area contributed by atoms with E-state index in [4.69, 9.17) is 13.3 Å². The molecule has 0 radical (unpaired) electrons. The Kier molecular flexibility index (Phi) is 8.66. The predicted octanol–water partition coefficient (Wildman–Crippen LogP) is 0.278. The second kappa shape index (κ2) is 9.70. The number of carbonyl (C=O) groups is 1. The lowest BCUT2D eigenvalue weighted by Crippen LogP contribution is -2.64. The van der Waals surface area contributed by atoms with Gasteiger partial charge in [-0.2, -0.15) is 0 Å². The molecule has 0 N–H and O–H groups in total. The van der Waals surface area contributed by atoms with E-state index in [0.717, 1.165) is 39.1 Å². The van der Waals surface area contributed by atoms with E-state index in [1.165, 1.54) is 0 Å². The monoisotopic (exact) mass is 347 g/mol. The van der Waals surface area contributed by atoms with Crippen molar-refractivity contribution in [3.63, 3.8) is 0 Å². The SMILES string of the molecule is CCC(N1CCN(CCC(=O)N(C)C)CC1)[Si](OC)(OC)OC. The highest BCUT2D eigenvalue weighted by atomic mass is 28.4. The fourth-order valence-corrected chi connectivity index (χ4v) is 5.69. The van der Waals surface area contributed by atoms with Crippen molar-refractivity contribution < 1.29 is 18.1 Å². The van der Waals surface area contributed by atoms with E-state index in [2.05, 4.69) is 16.7 Å². The molecule has 0 aliphatic carbocycles. The molecule has 1 aliphatic rings. The van der Waals surface area contributed by atoms with Crippen molar-refractivity contribution in [1.29, 1.82) is 0 Å². The van der Waals surface area contributed by atoms with Gasteiger partial charge in [-0.05, 0) is 6.42 Å². The lowest BCUT2D eigenvalue weighted by molar-refractivity contribution is -0.129. The summed E-state index contributed by atoms with van der Waals surface area (Å²) in [7, 11) is 5.96. The average molecular weight is 348 g/mol. The van der Waals surface area contributed by atoms with E-state index < -0.39 is 8.80 Å². The van der Waals surface area contributed by atoms with Gasteiger partial charge in [0.2, 0.25) is 5.91 Å². The highest BCUT2D eigenvalue weighted by molar-refractivity contribution is 6.62. The summed E-state index contributed by atoms with van der Waals surface area (Å²) in [6, 6.07) is 0. The Labute approximate surface area is 141 Å². The third-order valence-electron chi connectivity index (χ3n) is 4.64. The average Bonchev–Trinajstić information content (AvgIpc) is 2.58. The summed E-state index contributed by atoms with van der Waals surface area (Å²) < 4.78 is 17.0. The third kappa shape index (κ3) is 5.23. The number of carbonyl (C=O) groups excluding carboxylic acids is 1. The van der Waals surface area contributed by atoms with Crippen molar-refractivity contribution in [2.45, 2.75) is 25.4 Å². The van der Waals surface area contributed by atoms with Gasteiger partial charge in [0.05, 0.1) is 5.67 Å². The molecule has 0 aromatic rings. The van der Waals surface area contributed by atoms with E-state index in [1.54, 1.807) is 40.3 Å². The van der Waals surface area contributed by atoms with Crippen LogP contribution in [0.5, 0.6) is 0 Å². The molecule has 136 valence electrons. The van der Waals surface area contributed by atoms with Gasteiger partial charge in [0.1, 0.15) is 0 Å². The van der Waals surface area contributed by atoms with Gasteiger partial charge in [-0.15, -0.1) is 0 Å². The van der Waals surface area contributed by atoms with Gasteiger partial charge >= 0.3 is 8.80 Å². The number of amides is 1. The van der Waals surface area contributed by atoms with Crippen LogP contribution in [0.15, 0.2) is 0 Å². The first kappa shape index (κ1) is 20.5. The molecular weight excluding hydrogens is 314 g/mol. The van der Waals surface area contributed by atoms with Gasteiger partial charge in [0.15, 0.2) is 0 Å². The maximum atomic E-state index is 11.7. The first-order valence-electron chi connectivity index (χ1n) is 8.26. The number of hydrogen-bond acceptors (Lipinski definition) is 6. The first-order valence-corrected chi connectivity index (χ1v) is 10.1. The normalized spacial score (nSPS) is 18.9. The Morgan fingerprint density at radius 2 is 1.61 bits per heavy atom. The van der Waals surface area contributed by atoms with Gasteiger partial charge in [-0.25, -0.2) is 0 Å². The minimum Gasteiger partial charge on any atom is -0.376 e. The molecule has 1 heterocycles. The van der Waals surface area contributed by atoms with Crippen LogP contribution in [-0.4, -0.2) is 103 Å². The van der Waals surface area contributed by atoms with Crippen molar-refractivity contribution in [3.8, 4) is 0 Å². The lowest BCUT2D eigenvalue weighted by Gasteiger charge is -2.43. The Hall–Kier alpha value is -0.513. The van der Waals surface area contributed by atoms with Gasteiger partial charge < -0.3 is 23.1 Å². The fraction of sp³-hybridized carbons (Fsp3) is 0.933. The standard InChI is InChI=1S/C15H33N3O4Si/c1-7-15(23(20-4,21-5)22-6)18-12-10-17(11-13-18)9-8-14(19)16(2)3/h15H,7-13H2,1-6H3. The minimum absolute atomic E-state index is 0.174. The van der Waals surface area contributed by atoms with Gasteiger partial charge in [-0.3, -0.25) is 9.69 Å². The molecule has 8 heteroatoms. The molecule has 7 nitrogen and oxygen atoms in total. The summed E-state index contributed by atoms with van der Waals surface area (Å²) in [5.74, 6) is 0.184. The second-order valence-electron chi connectivity index (χ2n) is 6.06. The van der Waals surface area contributed by atoms with Gasteiger partial charge in [0.25, 0.3) is 0 Å². The molecule has 1 fully saturated rings. The van der Waals surface area contributed by atoms with E-state index in [1.807, 2.05) is 0 Å². The van der Waals surface area contributed by atoms with E-state index in [9.17, 15) is 4.79 Å². The lowest BCUT2D eigenvalue weighted by atomic mass is 10.2. The molecule has 0 aromatic heterocycles. The number of piperazine rings is 1. The molecule has 1 rings (SSSR count). The van der Waals surface area contributed by atoms with Crippen molar-refractivity contribution >= 4 is 14.7 Å². The highest BCUT2D eigenvalue weighted by Gasteiger charge is 2.49. The van der Waals surface area contributed by atoms with Crippen LogP contribution in [-0.2, 0) is 18.1 Å². The molecule has 1 atom stereocenters. The van der Waals surface area contributed by atoms with E-state index >= 15 is 0 Å². The van der Waals surface area contributed by atoms with Crippen LogP contribution in [0.4, 0.5) is 0 Å². The van der Waals surface area contributed by atoms with Crippen LogP contribution >= 0.6 is 0 Å². The van der Waals surface area contributed by atoms with E-state index in [-0.39, 0.29) is 11.6 Å². The first-order chi connectivity index (χ1) is 10.9. The molecule has 0 bridgehead atoms. The molecule has 0 aromatic carbocycles. The summed E-state index contributed by atoms with van der Waals surface area (Å²) in [6.45, 7) is 6.77. The van der Waals surface area contributed by atoms with Gasteiger partial charge in [-0.1, -0.05) is 6.92 Å². The number of hydrogen-bond donors (Lipinski definition) is 0. The molecule has 1 amide bonds. The van der Waals surface area contributed by atoms with Crippen LogP contribution in [0, 0.1) is 0 Å². The molecule has 23 heavy (non-hydrogen) atoms. The Morgan fingerprint density at radius 3 is 2.00 bits per heavy atom. The quantitative estimate of drug-likeness (QED) is 0.559. The van der Waals surface area contributed by atoms with Crippen LogP contribution in [0.25, 0.3) is 0 Å². The largest absolute Gasteiger partial charge is 0.518 e. The smallest absolute Gasteiger partial charge is 0.376 e. The Morgan fingerprint density at radius 1 is 1.09 bits per heavy atom. The van der Waals surface area contributed by atoms with Crippen LogP contribution in [0.2, 0.25) is 0 Å². The fourth-order valence-electron chi connectivity index (χ4n) is 3.17. The maximum absolute atomic E-state index is 11.7. The Bertz CT molecular complexity index is 350. The zero-order valence-corrected chi connectivity index (χ0v) is 16.5. The van der Waals surface area contributed by atoms with Gasteiger partial charge in [0, 0.05) is 74.6 Å². The van der Waals surface area contributed by atoms with Crippen molar-refractivity contribution in [1.82, 2.24) is 14.7 Å². The summed E-state index contributed by atoms with van der Waals surface area (Å²) in [5, 5.41) is 0. The third-order valence-corrected chi connectivity index (χ3v) is 7.93. The van der Waals surface area contributed by atoms with Crippen molar-refractivity contribution in [2.24, 2.45) is 0 Å². The molecule has 0 saturated carbocycles. The zero-order valence-electron chi connectivity index (χ0n) is 15.5. The zero-order chi connectivity index (χ0) is 17.5. The van der Waals surface area contributed by atoms with Crippen molar-refractivity contribution in [2.75, 3.05) is 68.1 Å². The molecular formula is C15H33N3O4Si. The topological polar surface area (TPSA) is 54.5 Å². The molecule has 1 unspecified atom stereocenters. The van der Waals surface area contributed by atoms with Crippen LogP contribution in [0.3, 0.4) is 0 Å².